The summed E-state index contributed by atoms with van der Waals surface area (Å²) in [5.41, 5.74) is 1.26. The molecule has 1 aromatic rings. The van der Waals surface area contributed by atoms with Gasteiger partial charge in [-0.1, -0.05) is 6.92 Å². The van der Waals surface area contributed by atoms with Gasteiger partial charge in [0.1, 0.15) is 6.61 Å². The predicted octanol–water partition coefficient (Wildman–Crippen LogP) is 1.58. The Hall–Kier alpha value is -1.09. The summed E-state index contributed by atoms with van der Waals surface area (Å²) in [6.45, 7) is 3.73. The van der Waals surface area contributed by atoms with Crippen LogP contribution in [0.25, 0.3) is 0 Å². The average Bonchev–Trinajstić information content (AvgIpc) is 2.18. The van der Waals surface area contributed by atoms with Crippen molar-refractivity contribution in [2.45, 2.75) is 13.3 Å². The fraction of sp³-hybridized carbons (Fsp3) is 0.545. The van der Waals surface area contributed by atoms with Crippen molar-refractivity contribution in [3.8, 4) is 5.88 Å². The molecule has 3 heteroatoms. The van der Waals surface area contributed by atoms with E-state index in [1.165, 1.54) is 5.56 Å². The molecule has 0 bridgehead atoms. The van der Waals surface area contributed by atoms with Gasteiger partial charge in [-0.2, -0.15) is 0 Å². The molecule has 14 heavy (non-hydrogen) atoms. The first-order chi connectivity index (χ1) is 6.72. The van der Waals surface area contributed by atoms with E-state index < -0.39 is 0 Å². The van der Waals surface area contributed by atoms with Gasteiger partial charge in [0.15, 0.2) is 0 Å². The summed E-state index contributed by atoms with van der Waals surface area (Å²) < 4.78 is 5.51. The number of likely N-dealkylation sites (N-methyl/N-ethyl adjacent to an activating group) is 1. The fourth-order valence-electron chi connectivity index (χ4n) is 1.08. The van der Waals surface area contributed by atoms with E-state index in [1.807, 2.05) is 26.2 Å². The summed E-state index contributed by atoms with van der Waals surface area (Å²) in [5.74, 6) is 0.728. The van der Waals surface area contributed by atoms with Gasteiger partial charge < -0.3 is 9.64 Å². The van der Waals surface area contributed by atoms with Crippen LogP contribution in [0.5, 0.6) is 5.88 Å². The lowest BCUT2D eigenvalue weighted by atomic mass is 10.2. The van der Waals surface area contributed by atoms with Crippen molar-refractivity contribution in [3.05, 3.63) is 23.9 Å². The van der Waals surface area contributed by atoms with Gasteiger partial charge in [-0.3, -0.25) is 0 Å². The highest BCUT2D eigenvalue weighted by Gasteiger charge is 1.97. The number of ether oxygens (including phenoxy) is 1. The van der Waals surface area contributed by atoms with Gasteiger partial charge in [0.2, 0.25) is 5.88 Å². The first kappa shape index (κ1) is 11.0. The minimum atomic E-state index is 0.688. The largest absolute Gasteiger partial charge is 0.476 e. The molecule has 1 heterocycles. The summed E-state index contributed by atoms with van der Waals surface area (Å²) in [4.78, 5) is 6.23. The molecule has 0 aliphatic carbocycles. The number of aromatic nitrogens is 1. The predicted molar refractivity (Wildman–Crippen MR) is 57.7 cm³/mol. The van der Waals surface area contributed by atoms with E-state index in [0.29, 0.717) is 6.61 Å². The number of hydrogen-bond donors (Lipinski definition) is 0. The van der Waals surface area contributed by atoms with Gasteiger partial charge in [-0.15, -0.1) is 0 Å². The van der Waals surface area contributed by atoms with Crippen molar-refractivity contribution in [1.29, 1.82) is 0 Å². The molecule has 0 aliphatic rings. The molecule has 0 aromatic carbocycles. The minimum absolute atomic E-state index is 0.688. The molecule has 1 rings (SSSR count). The SMILES string of the molecule is CCc1ccnc(OCCN(C)C)c1. The summed E-state index contributed by atoms with van der Waals surface area (Å²) in [7, 11) is 4.05. The van der Waals surface area contributed by atoms with Crippen LogP contribution in [0.2, 0.25) is 0 Å². The third-order valence-corrected chi connectivity index (χ3v) is 2.00. The van der Waals surface area contributed by atoms with Crippen molar-refractivity contribution in [2.75, 3.05) is 27.2 Å². The number of rotatable bonds is 5. The normalized spacial score (nSPS) is 10.6. The van der Waals surface area contributed by atoms with Crippen LogP contribution in [0.4, 0.5) is 0 Å². The number of aryl methyl sites for hydroxylation is 1. The van der Waals surface area contributed by atoms with Gasteiger partial charge in [0, 0.05) is 18.8 Å². The highest BCUT2D eigenvalue weighted by atomic mass is 16.5. The Morgan fingerprint density at radius 2 is 2.21 bits per heavy atom. The van der Waals surface area contributed by atoms with Gasteiger partial charge in [-0.25, -0.2) is 4.98 Å². The highest BCUT2D eigenvalue weighted by molar-refractivity contribution is 5.20. The summed E-state index contributed by atoms with van der Waals surface area (Å²) >= 11 is 0. The molecule has 0 atom stereocenters. The van der Waals surface area contributed by atoms with E-state index in [1.54, 1.807) is 6.20 Å². The monoisotopic (exact) mass is 194 g/mol. The van der Waals surface area contributed by atoms with E-state index in [9.17, 15) is 0 Å². The first-order valence-electron chi connectivity index (χ1n) is 4.95. The lowest BCUT2D eigenvalue weighted by molar-refractivity contribution is 0.253. The second-order valence-electron chi connectivity index (χ2n) is 3.51. The van der Waals surface area contributed by atoms with E-state index in [2.05, 4.69) is 16.8 Å². The van der Waals surface area contributed by atoms with E-state index in [4.69, 9.17) is 4.74 Å². The molecule has 0 saturated carbocycles. The molecule has 78 valence electrons. The van der Waals surface area contributed by atoms with Crippen molar-refractivity contribution in [2.24, 2.45) is 0 Å². The Bertz CT molecular complexity index is 274. The average molecular weight is 194 g/mol. The van der Waals surface area contributed by atoms with Crippen LogP contribution in [0.1, 0.15) is 12.5 Å². The zero-order chi connectivity index (χ0) is 10.4. The Labute approximate surface area is 85.7 Å². The molecular weight excluding hydrogens is 176 g/mol. The zero-order valence-corrected chi connectivity index (χ0v) is 9.16. The van der Waals surface area contributed by atoms with E-state index in [-0.39, 0.29) is 0 Å². The topological polar surface area (TPSA) is 25.4 Å². The summed E-state index contributed by atoms with van der Waals surface area (Å²) in [5, 5.41) is 0. The lowest BCUT2D eigenvalue weighted by Crippen LogP contribution is -2.19. The van der Waals surface area contributed by atoms with Crippen LogP contribution in [-0.2, 0) is 6.42 Å². The van der Waals surface area contributed by atoms with Crippen LogP contribution < -0.4 is 4.74 Å². The van der Waals surface area contributed by atoms with Crippen LogP contribution >= 0.6 is 0 Å². The summed E-state index contributed by atoms with van der Waals surface area (Å²) in [6.07, 6.45) is 2.82. The maximum Gasteiger partial charge on any atom is 0.213 e. The van der Waals surface area contributed by atoms with Crippen molar-refractivity contribution < 1.29 is 4.74 Å². The highest BCUT2D eigenvalue weighted by Crippen LogP contribution is 2.09. The first-order valence-corrected chi connectivity index (χ1v) is 4.95. The quantitative estimate of drug-likeness (QED) is 0.711. The van der Waals surface area contributed by atoms with Crippen LogP contribution in [0, 0.1) is 0 Å². The molecule has 0 aliphatic heterocycles. The Morgan fingerprint density at radius 3 is 2.86 bits per heavy atom. The molecule has 0 amide bonds. The third-order valence-electron chi connectivity index (χ3n) is 2.00. The van der Waals surface area contributed by atoms with Crippen molar-refractivity contribution in [1.82, 2.24) is 9.88 Å². The second kappa shape index (κ2) is 5.60. The van der Waals surface area contributed by atoms with E-state index in [0.717, 1.165) is 18.8 Å². The van der Waals surface area contributed by atoms with Gasteiger partial charge >= 0.3 is 0 Å². The molecule has 0 fully saturated rings. The van der Waals surface area contributed by atoms with Crippen LogP contribution in [0.15, 0.2) is 18.3 Å². The molecule has 0 saturated heterocycles. The second-order valence-corrected chi connectivity index (χ2v) is 3.51. The standard InChI is InChI=1S/C11H18N2O/c1-4-10-5-6-12-11(9-10)14-8-7-13(2)3/h5-6,9H,4,7-8H2,1-3H3. The fourth-order valence-corrected chi connectivity index (χ4v) is 1.08. The van der Waals surface area contributed by atoms with Gasteiger partial charge in [0.05, 0.1) is 0 Å². The Morgan fingerprint density at radius 1 is 1.43 bits per heavy atom. The van der Waals surface area contributed by atoms with Crippen molar-refractivity contribution in [3.63, 3.8) is 0 Å². The van der Waals surface area contributed by atoms with Crippen LogP contribution in [0.3, 0.4) is 0 Å². The summed E-state index contributed by atoms with van der Waals surface area (Å²) in [6, 6.07) is 4.01. The number of hydrogen-bond acceptors (Lipinski definition) is 3. The van der Waals surface area contributed by atoms with Gasteiger partial charge in [0.25, 0.3) is 0 Å². The lowest BCUT2D eigenvalue weighted by Gasteiger charge is -2.10. The minimum Gasteiger partial charge on any atom is -0.476 e. The number of nitrogens with zero attached hydrogens (tertiary/aromatic N) is 2. The van der Waals surface area contributed by atoms with Crippen molar-refractivity contribution >= 4 is 0 Å². The van der Waals surface area contributed by atoms with E-state index >= 15 is 0 Å². The molecule has 3 nitrogen and oxygen atoms in total. The molecule has 0 spiro atoms. The molecular formula is C11H18N2O. The van der Waals surface area contributed by atoms with Crippen LogP contribution in [-0.4, -0.2) is 37.1 Å². The zero-order valence-electron chi connectivity index (χ0n) is 9.16. The molecule has 0 N–H and O–H groups in total. The molecule has 0 radical (unpaired) electrons. The Kier molecular flexibility index (Phi) is 4.40. The number of pyridine rings is 1. The Balaban J connectivity index is 2.42. The maximum absolute atomic E-state index is 5.51. The van der Waals surface area contributed by atoms with Gasteiger partial charge in [-0.05, 0) is 32.1 Å². The third kappa shape index (κ3) is 3.75. The molecule has 0 unspecified atom stereocenters. The maximum atomic E-state index is 5.51. The molecule has 1 aromatic heterocycles. The smallest absolute Gasteiger partial charge is 0.213 e.